The molecule has 2 fully saturated rings. The molecule has 1 unspecified atom stereocenters. The van der Waals surface area contributed by atoms with Crippen molar-refractivity contribution in [1.82, 2.24) is 4.90 Å². The molecule has 2 aliphatic heterocycles. The van der Waals surface area contributed by atoms with E-state index in [-0.39, 0.29) is 0 Å². The lowest BCUT2D eigenvalue weighted by atomic mass is 10.0. The van der Waals surface area contributed by atoms with Crippen LogP contribution in [0.1, 0.15) is 32.1 Å². The Morgan fingerprint density at radius 1 is 1.29 bits per heavy atom. The second kappa shape index (κ2) is 5.72. The van der Waals surface area contributed by atoms with Gasteiger partial charge in [0.2, 0.25) is 0 Å². The van der Waals surface area contributed by atoms with Crippen molar-refractivity contribution in [3.05, 3.63) is 6.42 Å². The van der Waals surface area contributed by atoms with E-state index < -0.39 is 0 Å². The van der Waals surface area contributed by atoms with E-state index in [0.29, 0.717) is 0 Å². The zero-order valence-electron chi connectivity index (χ0n) is 9.08. The summed E-state index contributed by atoms with van der Waals surface area (Å²) >= 11 is 0. The van der Waals surface area contributed by atoms with E-state index in [1.165, 1.54) is 51.7 Å². The number of hydrogen-bond acceptors (Lipinski definition) is 2. The molecule has 1 radical (unpaired) electrons. The lowest BCUT2D eigenvalue weighted by Crippen LogP contribution is -2.31. The van der Waals surface area contributed by atoms with Crippen molar-refractivity contribution in [1.29, 1.82) is 0 Å². The van der Waals surface area contributed by atoms with Crippen LogP contribution in [0.15, 0.2) is 0 Å². The predicted molar refractivity (Wildman–Crippen MR) is 58.1 cm³/mol. The fourth-order valence-corrected chi connectivity index (χ4v) is 2.44. The van der Waals surface area contributed by atoms with Crippen molar-refractivity contribution < 1.29 is 4.74 Å². The van der Waals surface area contributed by atoms with Crippen LogP contribution in [0, 0.1) is 12.3 Å². The summed E-state index contributed by atoms with van der Waals surface area (Å²) in [5.41, 5.74) is 0. The summed E-state index contributed by atoms with van der Waals surface area (Å²) in [4.78, 5) is 2.61. The molecule has 0 spiro atoms. The Hall–Kier alpha value is -0.0800. The highest BCUT2D eigenvalue weighted by molar-refractivity contribution is 4.76. The molecular weight excluding hydrogens is 174 g/mol. The number of ether oxygens (including phenoxy) is 1. The lowest BCUT2D eigenvalue weighted by molar-refractivity contribution is 0.181. The van der Waals surface area contributed by atoms with Crippen LogP contribution in [0.25, 0.3) is 0 Å². The first kappa shape index (κ1) is 10.4. The first-order valence-electron chi connectivity index (χ1n) is 6.07. The predicted octanol–water partition coefficient (Wildman–Crippen LogP) is 2.10. The van der Waals surface area contributed by atoms with Crippen LogP contribution in [-0.2, 0) is 4.74 Å². The van der Waals surface area contributed by atoms with E-state index in [4.69, 9.17) is 4.74 Å². The summed E-state index contributed by atoms with van der Waals surface area (Å²) in [5.74, 6) is 0.867. The Morgan fingerprint density at radius 2 is 2.14 bits per heavy atom. The molecular formula is C12H22NO. The minimum atomic E-state index is 0.867. The SMILES string of the molecule is [CH]1CCN(CCCC2CCOC2)CC1. The van der Waals surface area contributed by atoms with E-state index in [9.17, 15) is 0 Å². The normalized spacial score (nSPS) is 29.6. The molecule has 0 aromatic carbocycles. The van der Waals surface area contributed by atoms with Gasteiger partial charge >= 0.3 is 0 Å². The summed E-state index contributed by atoms with van der Waals surface area (Å²) in [7, 11) is 0. The van der Waals surface area contributed by atoms with Gasteiger partial charge in [-0.3, -0.25) is 0 Å². The molecule has 2 aliphatic rings. The van der Waals surface area contributed by atoms with Gasteiger partial charge in [-0.15, -0.1) is 0 Å². The molecule has 81 valence electrons. The van der Waals surface area contributed by atoms with Gasteiger partial charge in [0.15, 0.2) is 0 Å². The largest absolute Gasteiger partial charge is 0.381 e. The molecule has 0 aromatic heterocycles. The Morgan fingerprint density at radius 3 is 2.86 bits per heavy atom. The molecule has 14 heavy (non-hydrogen) atoms. The van der Waals surface area contributed by atoms with Gasteiger partial charge < -0.3 is 9.64 Å². The maximum Gasteiger partial charge on any atom is 0.0495 e. The van der Waals surface area contributed by atoms with Crippen LogP contribution >= 0.6 is 0 Å². The highest BCUT2D eigenvalue weighted by atomic mass is 16.5. The summed E-state index contributed by atoms with van der Waals surface area (Å²) in [6.07, 6.45) is 9.06. The van der Waals surface area contributed by atoms with Crippen molar-refractivity contribution in [2.24, 2.45) is 5.92 Å². The average Bonchev–Trinajstić information content (AvgIpc) is 2.72. The van der Waals surface area contributed by atoms with Crippen molar-refractivity contribution in [3.8, 4) is 0 Å². The number of hydrogen-bond donors (Lipinski definition) is 0. The smallest absolute Gasteiger partial charge is 0.0495 e. The molecule has 2 heterocycles. The molecule has 0 aliphatic carbocycles. The number of rotatable bonds is 4. The minimum absolute atomic E-state index is 0.867. The molecule has 0 saturated carbocycles. The van der Waals surface area contributed by atoms with E-state index in [1.807, 2.05) is 0 Å². The first-order valence-corrected chi connectivity index (χ1v) is 6.07. The average molecular weight is 196 g/mol. The Labute approximate surface area is 87.6 Å². The molecule has 2 heteroatoms. The van der Waals surface area contributed by atoms with Crippen LogP contribution < -0.4 is 0 Å². The van der Waals surface area contributed by atoms with Gasteiger partial charge in [0.25, 0.3) is 0 Å². The van der Waals surface area contributed by atoms with Gasteiger partial charge in [-0.05, 0) is 64.1 Å². The lowest BCUT2D eigenvalue weighted by Gasteiger charge is -2.26. The summed E-state index contributed by atoms with van der Waals surface area (Å²) in [6, 6.07) is 0. The molecule has 2 nitrogen and oxygen atoms in total. The summed E-state index contributed by atoms with van der Waals surface area (Å²) in [6.45, 7) is 5.92. The van der Waals surface area contributed by atoms with Gasteiger partial charge in [-0.25, -0.2) is 0 Å². The van der Waals surface area contributed by atoms with Crippen molar-refractivity contribution in [2.45, 2.75) is 32.1 Å². The molecule has 0 N–H and O–H groups in total. The third kappa shape index (κ3) is 3.25. The minimum Gasteiger partial charge on any atom is -0.381 e. The fraction of sp³-hybridized carbons (Fsp3) is 0.917. The summed E-state index contributed by atoms with van der Waals surface area (Å²) in [5, 5.41) is 0. The van der Waals surface area contributed by atoms with Gasteiger partial charge in [0.05, 0.1) is 0 Å². The van der Waals surface area contributed by atoms with Crippen LogP contribution in [-0.4, -0.2) is 37.7 Å². The molecule has 2 saturated heterocycles. The third-order valence-electron chi connectivity index (χ3n) is 3.41. The molecule has 1 atom stereocenters. The molecule has 0 amide bonds. The van der Waals surface area contributed by atoms with E-state index in [1.54, 1.807) is 0 Å². The number of nitrogens with zero attached hydrogens (tertiary/aromatic N) is 1. The van der Waals surface area contributed by atoms with Crippen LogP contribution in [0.3, 0.4) is 0 Å². The van der Waals surface area contributed by atoms with Crippen molar-refractivity contribution in [2.75, 3.05) is 32.8 Å². The standard InChI is InChI=1S/C12H22NO/c1-2-7-13(8-3-1)9-4-5-12-6-10-14-11-12/h1,12H,2-11H2. The highest BCUT2D eigenvalue weighted by Gasteiger charge is 2.16. The zero-order chi connectivity index (χ0) is 9.64. The third-order valence-corrected chi connectivity index (χ3v) is 3.41. The zero-order valence-corrected chi connectivity index (χ0v) is 9.08. The molecule has 0 aromatic rings. The number of likely N-dealkylation sites (tertiary alicyclic amines) is 1. The monoisotopic (exact) mass is 196 g/mol. The Kier molecular flexibility index (Phi) is 4.26. The Bertz CT molecular complexity index is 148. The van der Waals surface area contributed by atoms with Gasteiger partial charge in [-0.1, -0.05) is 0 Å². The quantitative estimate of drug-likeness (QED) is 0.683. The van der Waals surface area contributed by atoms with Crippen molar-refractivity contribution in [3.63, 3.8) is 0 Å². The molecule has 2 rings (SSSR count). The van der Waals surface area contributed by atoms with E-state index in [2.05, 4.69) is 11.3 Å². The van der Waals surface area contributed by atoms with Crippen LogP contribution in [0.4, 0.5) is 0 Å². The Balaban J connectivity index is 1.52. The van der Waals surface area contributed by atoms with Crippen molar-refractivity contribution >= 4 is 0 Å². The molecule has 0 bridgehead atoms. The maximum atomic E-state index is 5.38. The number of piperidine rings is 1. The highest BCUT2D eigenvalue weighted by Crippen LogP contribution is 2.18. The first-order chi connectivity index (χ1) is 6.95. The summed E-state index contributed by atoms with van der Waals surface area (Å²) < 4.78 is 5.38. The van der Waals surface area contributed by atoms with Gasteiger partial charge in [0.1, 0.15) is 0 Å². The maximum absolute atomic E-state index is 5.38. The topological polar surface area (TPSA) is 12.5 Å². The second-order valence-electron chi connectivity index (χ2n) is 4.58. The second-order valence-corrected chi connectivity index (χ2v) is 4.58. The van der Waals surface area contributed by atoms with E-state index >= 15 is 0 Å². The van der Waals surface area contributed by atoms with Crippen LogP contribution in [0.5, 0.6) is 0 Å². The fourth-order valence-electron chi connectivity index (χ4n) is 2.44. The van der Waals surface area contributed by atoms with Crippen LogP contribution in [0.2, 0.25) is 0 Å². The van der Waals surface area contributed by atoms with Gasteiger partial charge in [0, 0.05) is 13.2 Å². The van der Waals surface area contributed by atoms with Gasteiger partial charge in [-0.2, -0.15) is 0 Å². The van der Waals surface area contributed by atoms with E-state index in [0.717, 1.165) is 19.1 Å².